The van der Waals surface area contributed by atoms with Crippen molar-refractivity contribution >= 4 is 11.8 Å². The SMILES string of the molecule is CCC(NC(=O)/C=C/C(=O)NCc1cccnc1)C1CCOC1. The van der Waals surface area contributed by atoms with E-state index in [1.807, 2.05) is 19.1 Å². The molecule has 6 heteroatoms. The second-order valence-corrected chi connectivity index (χ2v) is 5.56. The minimum absolute atomic E-state index is 0.0908. The Bertz CT molecular complexity index is 539. The van der Waals surface area contributed by atoms with Gasteiger partial charge >= 0.3 is 0 Å². The van der Waals surface area contributed by atoms with Crippen LogP contribution in [0.15, 0.2) is 36.7 Å². The van der Waals surface area contributed by atoms with E-state index in [1.165, 1.54) is 12.2 Å². The van der Waals surface area contributed by atoms with Crippen LogP contribution in [0.5, 0.6) is 0 Å². The quantitative estimate of drug-likeness (QED) is 0.740. The van der Waals surface area contributed by atoms with E-state index in [0.29, 0.717) is 19.1 Å². The van der Waals surface area contributed by atoms with Crippen molar-refractivity contribution in [2.45, 2.75) is 32.4 Å². The predicted molar refractivity (Wildman–Crippen MR) is 86.4 cm³/mol. The number of ether oxygens (including phenoxy) is 1. The van der Waals surface area contributed by atoms with Crippen LogP contribution in [0.1, 0.15) is 25.3 Å². The Balaban J connectivity index is 1.74. The Morgan fingerprint density at radius 3 is 2.91 bits per heavy atom. The van der Waals surface area contributed by atoms with Gasteiger partial charge in [0.15, 0.2) is 0 Å². The van der Waals surface area contributed by atoms with Crippen molar-refractivity contribution in [1.29, 1.82) is 0 Å². The zero-order chi connectivity index (χ0) is 16.5. The highest BCUT2D eigenvalue weighted by Crippen LogP contribution is 2.18. The number of carbonyl (C=O) groups excluding carboxylic acids is 2. The molecule has 1 fully saturated rings. The minimum Gasteiger partial charge on any atom is -0.381 e. The number of hydrogen-bond acceptors (Lipinski definition) is 4. The summed E-state index contributed by atoms with van der Waals surface area (Å²) in [4.78, 5) is 27.6. The number of hydrogen-bond donors (Lipinski definition) is 2. The number of rotatable bonds is 7. The molecule has 2 heterocycles. The Kier molecular flexibility index (Phi) is 6.75. The Hall–Kier alpha value is -2.21. The van der Waals surface area contributed by atoms with Crippen molar-refractivity contribution in [3.63, 3.8) is 0 Å². The second-order valence-electron chi connectivity index (χ2n) is 5.56. The summed E-state index contributed by atoms with van der Waals surface area (Å²) in [6, 6.07) is 3.77. The van der Waals surface area contributed by atoms with Gasteiger partial charge in [-0.3, -0.25) is 14.6 Å². The fourth-order valence-electron chi connectivity index (χ4n) is 2.56. The van der Waals surface area contributed by atoms with Gasteiger partial charge in [-0.2, -0.15) is 0 Å². The van der Waals surface area contributed by atoms with E-state index in [2.05, 4.69) is 15.6 Å². The lowest BCUT2D eigenvalue weighted by atomic mass is 9.97. The third-order valence-electron chi connectivity index (χ3n) is 3.88. The minimum atomic E-state index is -0.304. The second kappa shape index (κ2) is 9.05. The van der Waals surface area contributed by atoms with E-state index in [9.17, 15) is 9.59 Å². The summed E-state index contributed by atoms with van der Waals surface area (Å²) >= 11 is 0. The summed E-state index contributed by atoms with van der Waals surface area (Å²) in [5, 5.41) is 5.65. The van der Waals surface area contributed by atoms with Gasteiger partial charge in [0.25, 0.3) is 0 Å². The van der Waals surface area contributed by atoms with Crippen LogP contribution in [0.2, 0.25) is 0 Å². The maximum atomic E-state index is 11.9. The number of amides is 2. The van der Waals surface area contributed by atoms with Crippen molar-refractivity contribution in [2.24, 2.45) is 5.92 Å². The molecule has 0 aromatic carbocycles. The van der Waals surface area contributed by atoms with Crippen LogP contribution in [-0.4, -0.2) is 36.1 Å². The summed E-state index contributed by atoms with van der Waals surface area (Å²) in [6.07, 6.45) is 7.71. The molecule has 124 valence electrons. The van der Waals surface area contributed by atoms with Crippen molar-refractivity contribution in [2.75, 3.05) is 13.2 Å². The number of carbonyl (C=O) groups is 2. The summed E-state index contributed by atoms with van der Waals surface area (Å²) in [5.41, 5.74) is 0.908. The predicted octanol–water partition coefficient (Wildman–Crippen LogP) is 1.19. The molecule has 0 aliphatic carbocycles. The lowest BCUT2D eigenvalue weighted by molar-refractivity contribution is -0.119. The summed E-state index contributed by atoms with van der Waals surface area (Å²) in [6.45, 7) is 3.86. The molecule has 6 nitrogen and oxygen atoms in total. The van der Waals surface area contributed by atoms with Crippen LogP contribution in [-0.2, 0) is 20.9 Å². The first-order valence-electron chi connectivity index (χ1n) is 7.92. The van der Waals surface area contributed by atoms with Gasteiger partial charge in [-0.25, -0.2) is 0 Å². The molecular formula is C17H23N3O3. The molecule has 0 saturated carbocycles. The van der Waals surface area contributed by atoms with Gasteiger partial charge in [0.2, 0.25) is 11.8 Å². The van der Waals surface area contributed by atoms with Crippen LogP contribution in [0.25, 0.3) is 0 Å². The van der Waals surface area contributed by atoms with Crippen molar-refractivity contribution in [3.8, 4) is 0 Å². The third kappa shape index (κ3) is 5.83. The van der Waals surface area contributed by atoms with Crippen LogP contribution in [0, 0.1) is 5.92 Å². The Morgan fingerprint density at radius 2 is 2.26 bits per heavy atom. The average molecular weight is 317 g/mol. The molecule has 2 atom stereocenters. The summed E-state index contributed by atoms with van der Waals surface area (Å²) in [7, 11) is 0. The lowest BCUT2D eigenvalue weighted by Gasteiger charge is -2.21. The van der Waals surface area contributed by atoms with Crippen molar-refractivity contribution in [3.05, 3.63) is 42.2 Å². The van der Waals surface area contributed by atoms with E-state index < -0.39 is 0 Å². The fourth-order valence-corrected chi connectivity index (χ4v) is 2.56. The molecule has 1 saturated heterocycles. The number of nitrogens with one attached hydrogen (secondary N) is 2. The molecule has 0 spiro atoms. The maximum Gasteiger partial charge on any atom is 0.244 e. The van der Waals surface area contributed by atoms with E-state index in [1.54, 1.807) is 12.4 Å². The first kappa shape index (κ1) is 17.1. The van der Waals surface area contributed by atoms with Gasteiger partial charge < -0.3 is 15.4 Å². The molecule has 0 bridgehead atoms. The highest BCUT2D eigenvalue weighted by Gasteiger charge is 2.25. The van der Waals surface area contributed by atoms with Gasteiger partial charge in [0, 0.05) is 49.7 Å². The van der Waals surface area contributed by atoms with Gasteiger partial charge in [-0.05, 0) is 24.5 Å². The van der Waals surface area contributed by atoms with E-state index in [0.717, 1.165) is 25.0 Å². The number of nitrogens with zero attached hydrogens (tertiary/aromatic N) is 1. The van der Waals surface area contributed by atoms with Gasteiger partial charge in [0.05, 0.1) is 6.61 Å². The molecular weight excluding hydrogens is 294 g/mol. The van der Waals surface area contributed by atoms with Crippen LogP contribution in [0.4, 0.5) is 0 Å². The monoisotopic (exact) mass is 317 g/mol. The van der Waals surface area contributed by atoms with Crippen LogP contribution in [0.3, 0.4) is 0 Å². The molecule has 2 N–H and O–H groups in total. The first-order chi connectivity index (χ1) is 11.2. The maximum absolute atomic E-state index is 11.9. The molecule has 2 unspecified atom stereocenters. The van der Waals surface area contributed by atoms with Crippen LogP contribution >= 0.6 is 0 Å². The summed E-state index contributed by atoms with van der Waals surface area (Å²) in [5.74, 6) is -0.196. The highest BCUT2D eigenvalue weighted by atomic mass is 16.5. The highest BCUT2D eigenvalue weighted by molar-refractivity contribution is 5.96. The zero-order valence-electron chi connectivity index (χ0n) is 13.3. The normalized spacial score (nSPS) is 18.7. The summed E-state index contributed by atoms with van der Waals surface area (Å²) < 4.78 is 5.36. The molecule has 23 heavy (non-hydrogen) atoms. The Morgan fingerprint density at radius 1 is 1.43 bits per heavy atom. The number of pyridine rings is 1. The molecule has 2 rings (SSSR count). The molecule has 1 aliphatic rings. The number of aromatic nitrogens is 1. The largest absolute Gasteiger partial charge is 0.381 e. The van der Waals surface area contributed by atoms with E-state index >= 15 is 0 Å². The first-order valence-corrected chi connectivity index (χ1v) is 7.92. The van der Waals surface area contributed by atoms with Crippen molar-refractivity contribution in [1.82, 2.24) is 15.6 Å². The molecule has 2 amide bonds. The van der Waals surface area contributed by atoms with Gasteiger partial charge in [-0.1, -0.05) is 13.0 Å². The molecule has 1 aliphatic heterocycles. The zero-order valence-corrected chi connectivity index (χ0v) is 13.3. The fraction of sp³-hybridized carbons (Fsp3) is 0.471. The van der Waals surface area contributed by atoms with Gasteiger partial charge in [0.1, 0.15) is 0 Å². The lowest BCUT2D eigenvalue weighted by Crippen LogP contribution is -2.39. The topological polar surface area (TPSA) is 80.3 Å². The molecule has 0 radical (unpaired) electrons. The Labute approximate surface area is 136 Å². The van der Waals surface area contributed by atoms with Crippen molar-refractivity contribution < 1.29 is 14.3 Å². The molecule has 1 aromatic rings. The smallest absolute Gasteiger partial charge is 0.244 e. The van der Waals surface area contributed by atoms with E-state index in [-0.39, 0.29) is 17.9 Å². The third-order valence-corrected chi connectivity index (χ3v) is 3.88. The molecule has 1 aromatic heterocycles. The van der Waals surface area contributed by atoms with Crippen LogP contribution < -0.4 is 10.6 Å². The van der Waals surface area contributed by atoms with E-state index in [4.69, 9.17) is 4.74 Å². The average Bonchev–Trinajstić information content (AvgIpc) is 3.11. The van der Waals surface area contributed by atoms with Gasteiger partial charge in [-0.15, -0.1) is 0 Å². The standard InChI is InChI=1S/C17H23N3O3/c1-2-15(14-7-9-23-12-14)20-17(22)6-5-16(21)19-11-13-4-3-8-18-10-13/h3-6,8,10,14-15H,2,7,9,11-12H2,1H3,(H,19,21)(H,20,22)/b6-5+.